The van der Waals surface area contributed by atoms with E-state index < -0.39 is 31.2 Å². The molecule has 0 atom stereocenters. The molecule has 0 aromatic carbocycles. The highest BCUT2D eigenvalue weighted by Gasteiger charge is 2.76. The lowest BCUT2D eigenvalue weighted by Gasteiger charge is -2.33. The van der Waals surface area contributed by atoms with E-state index in [2.05, 4.69) is 4.43 Å². The van der Waals surface area contributed by atoms with Crippen LogP contribution in [0.3, 0.4) is 0 Å². The van der Waals surface area contributed by atoms with Crippen molar-refractivity contribution in [1.82, 2.24) is 0 Å². The van der Waals surface area contributed by atoms with E-state index in [1.165, 1.54) is 6.92 Å². The van der Waals surface area contributed by atoms with Gasteiger partial charge in [-0.3, -0.25) is 0 Å². The van der Waals surface area contributed by atoms with Crippen LogP contribution in [0.4, 0.5) is 30.7 Å². The fourth-order valence-electron chi connectivity index (χ4n) is 0.824. The summed E-state index contributed by atoms with van der Waals surface area (Å²) in [5.74, 6) is -5.84. The zero-order chi connectivity index (χ0) is 14.1. The smallest absolute Gasteiger partial charge is 0.345 e. The average Bonchev–Trinajstić information content (AvgIpc) is 1.97. The number of alkyl halides is 7. The third-order valence-electron chi connectivity index (χ3n) is 1.56. The van der Waals surface area contributed by atoms with E-state index >= 15 is 0 Å². The highest BCUT2D eigenvalue weighted by atomic mass is 35.7. The molecular formula is C6H7Cl2F7OSi. The first-order chi connectivity index (χ1) is 7.27. The molecule has 0 aliphatic carbocycles. The number of halogens is 9. The fraction of sp³-hybridized carbons (Fsp3) is 1.00. The van der Waals surface area contributed by atoms with Crippen molar-refractivity contribution < 1.29 is 35.2 Å². The number of hydrogen-bond acceptors (Lipinski definition) is 1. The van der Waals surface area contributed by atoms with Gasteiger partial charge in [0.15, 0.2) is 0 Å². The first-order valence-corrected chi connectivity index (χ1v) is 8.31. The van der Waals surface area contributed by atoms with Crippen molar-refractivity contribution in [2.75, 3.05) is 0 Å². The molecule has 0 amide bonds. The van der Waals surface area contributed by atoms with Gasteiger partial charge in [-0.15, -0.1) is 22.2 Å². The summed E-state index contributed by atoms with van der Waals surface area (Å²) in [6.07, 6.45) is -12.5. The van der Waals surface area contributed by atoms with Gasteiger partial charge in [0, 0.05) is 0 Å². The minimum Gasteiger partial charge on any atom is -0.345 e. The molecule has 1 nitrogen and oxygen atoms in total. The molecule has 11 heteroatoms. The molecule has 0 spiro atoms. The summed E-state index contributed by atoms with van der Waals surface area (Å²) in [5, 5.41) is 0. The Labute approximate surface area is 102 Å². The normalized spacial score (nSPS) is 15.2. The molecule has 0 heterocycles. The van der Waals surface area contributed by atoms with Gasteiger partial charge < -0.3 is 4.43 Å². The van der Waals surface area contributed by atoms with Crippen molar-refractivity contribution in [2.24, 2.45) is 0 Å². The molecule has 0 saturated carbocycles. The Balaban J connectivity index is 5.26. The third-order valence-corrected chi connectivity index (χ3v) is 4.82. The molecule has 17 heavy (non-hydrogen) atoms. The standard InChI is InChI=1S/C6H7Cl2F7OSi/c1-2-3-17(7,8)16-4(9,5(10,11)12)6(13,14)15/h2-3H2,1H3. The van der Waals surface area contributed by atoms with Crippen molar-refractivity contribution in [3.63, 3.8) is 0 Å². The van der Waals surface area contributed by atoms with Crippen LogP contribution >= 0.6 is 22.2 Å². The maximum absolute atomic E-state index is 13.0. The maximum Gasteiger partial charge on any atom is 0.457 e. The SMILES string of the molecule is CCC[Si](Cl)(Cl)OC(F)(C(F)(F)F)C(F)(F)F. The van der Waals surface area contributed by atoms with Crippen LogP contribution < -0.4 is 0 Å². The first-order valence-electron chi connectivity index (χ1n) is 4.17. The zero-order valence-corrected chi connectivity index (χ0v) is 10.7. The maximum atomic E-state index is 13.0. The lowest BCUT2D eigenvalue weighted by molar-refractivity contribution is -0.408. The molecule has 0 fully saturated rings. The lowest BCUT2D eigenvalue weighted by atomic mass is 10.3. The second-order valence-corrected chi connectivity index (χ2v) is 9.30. The molecule has 0 aliphatic rings. The summed E-state index contributed by atoms with van der Waals surface area (Å²) in [7, 11) is 0. The van der Waals surface area contributed by atoms with Gasteiger partial charge >= 0.3 is 25.1 Å². The highest BCUT2D eigenvalue weighted by Crippen LogP contribution is 2.49. The molecule has 0 aliphatic heterocycles. The van der Waals surface area contributed by atoms with Crippen molar-refractivity contribution in [3.05, 3.63) is 0 Å². The summed E-state index contributed by atoms with van der Waals surface area (Å²) in [6.45, 7) is -3.03. The van der Waals surface area contributed by atoms with Gasteiger partial charge in [0.2, 0.25) is 0 Å². The fourth-order valence-corrected chi connectivity index (χ4v) is 3.92. The minimum absolute atomic E-state index is 0.0605. The minimum atomic E-state index is -6.30. The Hall–Kier alpha value is 0.267. The molecule has 104 valence electrons. The van der Waals surface area contributed by atoms with Gasteiger partial charge in [-0.2, -0.15) is 30.7 Å². The monoisotopic (exact) mass is 326 g/mol. The second kappa shape index (κ2) is 5.10. The van der Waals surface area contributed by atoms with Crippen LogP contribution in [-0.4, -0.2) is 25.1 Å². The van der Waals surface area contributed by atoms with E-state index in [9.17, 15) is 30.7 Å². The Morgan fingerprint density at radius 3 is 1.53 bits per heavy atom. The molecule has 0 N–H and O–H groups in total. The van der Waals surface area contributed by atoms with E-state index in [0.717, 1.165) is 0 Å². The Morgan fingerprint density at radius 2 is 1.29 bits per heavy atom. The zero-order valence-electron chi connectivity index (χ0n) is 8.22. The van der Waals surface area contributed by atoms with Crippen LogP contribution in [-0.2, 0) is 4.43 Å². The van der Waals surface area contributed by atoms with E-state index in [0.29, 0.717) is 0 Å². The van der Waals surface area contributed by atoms with Crippen LogP contribution in [0.2, 0.25) is 6.04 Å². The average molecular weight is 327 g/mol. The van der Waals surface area contributed by atoms with E-state index in [1.807, 2.05) is 0 Å². The summed E-state index contributed by atoms with van der Waals surface area (Å²) in [5.41, 5.74) is 0. The van der Waals surface area contributed by atoms with Crippen molar-refractivity contribution in [1.29, 1.82) is 0 Å². The summed E-state index contributed by atoms with van der Waals surface area (Å²) < 4.78 is 88.7. The van der Waals surface area contributed by atoms with Crippen LogP contribution in [0.1, 0.15) is 13.3 Å². The molecular weight excluding hydrogens is 320 g/mol. The van der Waals surface area contributed by atoms with Gasteiger partial charge in [0.25, 0.3) is 0 Å². The van der Waals surface area contributed by atoms with Crippen LogP contribution in [0.5, 0.6) is 0 Å². The predicted molar refractivity (Wildman–Crippen MR) is 49.6 cm³/mol. The lowest BCUT2D eigenvalue weighted by Crippen LogP contribution is -2.58. The second-order valence-electron chi connectivity index (χ2n) is 3.08. The van der Waals surface area contributed by atoms with Gasteiger partial charge in [0.05, 0.1) is 0 Å². The van der Waals surface area contributed by atoms with Gasteiger partial charge in [-0.1, -0.05) is 13.3 Å². The number of rotatable bonds is 4. The van der Waals surface area contributed by atoms with Crippen LogP contribution in [0.15, 0.2) is 0 Å². The summed E-state index contributed by atoms with van der Waals surface area (Å²) in [6, 6.07) is -0.464. The van der Waals surface area contributed by atoms with Crippen molar-refractivity contribution in [3.8, 4) is 0 Å². The molecule has 0 radical (unpaired) electrons. The van der Waals surface area contributed by atoms with E-state index in [1.54, 1.807) is 0 Å². The first kappa shape index (κ1) is 17.3. The Morgan fingerprint density at radius 1 is 0.941 bits per heavy atom. The molecule has 0 rings (SSSR count). The largest absolute Gasteiger partial charge is 0.457 e. The predicted octanol–water partition coefficient (Wildman–Crippen LogP) is 4.62. The van der Waals surface area contributed by atoms with Gasteiger partial charge in [0.1, 0.15) is 0 Å². The quantitative estimate of drug-likeness (QED) is 0.416. The summed E-state index contributed by atoms with van der Waals surface area (Å²) in [4.78, 5) is 0. The van der Waals surface area contributed by atoms with E-state index in [4.69, 9.17) is 22.2 Å². The topological polar surface area (TPSA) is 9.23 Å². The molecule has 0 aromatic rings. The van der Waals surface area contributed by atoms with Gasteiger partial charge in [-0.05, 0) is 6.04 Å². The summed E-state index contributed by atoms with van der Waals surface area (Å²) >= 11 is 10.3. The molecule has 0 bridgehead atoms. The Bertz CT molecular complexity index is 250. The van der Waals surface area contributed by atoms with Crippen molar-refractivity contribution in [2.45, 2.75) is 37.6 Å². The highest BCUT2D eigenvalue weighted by molar-refractivity contribution is 7.42. The molecule has 0 aromatic heterocycles. The molecule has 0 unspecified atom stereocenters. The van der Waals surface area contributed by atoms with E-state index in [-0.39, 0.29) is 6.42 Å². The third kappa shape index (κ3) is 4.14. The van der Waals surface area contributed by atoms with Gasteiger partial charge in [-0.25, -0.2) is 0 Å². The number of hydrogen-bond donors (Lipinski definition) is 0. The molecule has 0 saturated heterocycles. The Kier molecular flexibility index (Phi) is 5.18. The van der Waals surface area contributed by atoms with Crippen molar-refractivity contribution >= 4 is 29.1 Å². The van der Waals surface area contributed by atoms with Crippen LogP contribution in [0, 0.1) is 0 Å². The van der Waals surface area contributed by atoms with Crippen LogP contribution in [0.25, 0.3) is 0 Å².